The van der Waals surface area contributed by atoms with E-state index in [0.717, 1.165) is 24.8 Å². The summed E-state index contributed by atoms with van der Waals surface area (Å²) in [5, 5.41) is 2.68. The number of benzene rings is 1. The Labute approximate surface area is 304 Å². The maximum Gasteiger partial charge on any atom is 0.328 e. The number of hydrogen-bond donors (Lipinski definition) is 2. The van der Waals surface area contributed by atoms with Crippen LogP contribution in [0, 0.1) is 11.8 Å². The van der Waals surface area contributed by atoms with E-state index in [9.17, 15) is 28.8 Å². The van der Waals surface area contributed by atoms with Gasteiger partial charge in [0, 0.05) is 31.6 Å². The van der Waals surface area contributed by atoms with Crippen molar-refractivity contribution >= 4 is 35.4 Å². The lowest BCUT2D eigenvalue weighted by Gasteiger charge is -2.20. The Morgan fingerprint density at radius 3 is 1.86 bits per heavy atom. The SMILES string of the molecule is CCCCCCCCCCCCCC(=O)C[C@@H](C)C(=O)N[C@H](CCC(=O)C[C@@H](COC[C@@H](N)C(=O)OC)C(=O)OC)C(=O)OCc1ccccc1. The van der Waals surface area contributed by atoms with Gasteiger partial charge in [-0.2, -0.15) is 0 Å². The number of nitrogens with one attached hydrogen (secondary N) is 1. The van der Waals surface area contributed by atoms with Crippen molar-refractivity contribution in [3.63, 3.8) is 0 Å². The lowest BCUT2D eigenvalue weighted by atomic mass is 9.97. The van der Waals surface area contributed by atoms with Gasteiger partial charge in [0.1, 0.15) is 30.3 Å². The van der Waals surface area contributed by atoms with Gasteiger partial charge in [-0.1, -0.05) is 108 Å². The van der Waals surface area contributed by atoms with Gasteiger partial charge < -0.3 is 30.0 Å². The minimum absolute atomic E-state index is 0.00410. The van der Waals surface area contributed by atoms with E-state index in [-0.39, 0.29) is 57.1 Å². The van der Waals surface area contributed by atoms with Crippen molar-refractivity contribution in [1.82, 2.24) is 5.32 Å². The molecule has 0 saturated heterocycles. The van der Waals surface area contributed by atoms with Gasteiger partial charge in [0.05, 0.1) is 33.4 Å². The minimum Gasteiger partial charge on any atom is -0.469 e. The Morgan fingerprint density at radius 2 is 1.27 bits per heavy atom. The highest BCUT2D eigenvalue weighted by molar-refractivity contribution is 5.90. The fraction of sp³-hybridized carbons (Fsp3) is 0.692. The Hall–Kier alpha value is -3.64. The van der Waals surface area contributed by atoms with Crippen LogP contribution in [0.15, 0.2) is 30.3 Å². The topological polar surface area (TPSA) is 177 Å². The van der Waals surface area contributed by atoms with Crippen molar-refractivity contribution in [2.75, 3.05) is 27.4 Å². The molecule has 4 atom stereocenters. The molecule has 51 heavy (non-hydrogen) atoms. The largest absolute Gasteiger partial charge is 0.469 e. The Kier molecular flexibility index (Phi) is 24.9. The summed E-state index contributed by atoms with van der Waals surface area (Å²) in [7, 11) is 2.37. The molecule has 1 aromatic rings. The van der Waals surface area contributed by atoms with Crippen molar-refractivity contribution in [1.29, 1.82) is 0 Å². The highest BCUT2D eigenvalue weighted by Gasteiger charge is 2.29. The van der Waals surface area contributed by atoms with Gasteiger partial charge in [-0.15, -0.1) is 0 Å². The van der Waals surface area contributed by atoms with Gasteiger partial charge in [-0.25, -0.2) is 4.79 Å². The average molecular weight is 719 g/mol. The number of unbranched alkanes of at least 4 members (excludes halogenated alkanes) is 10. The van der Waals surface area contributed by atoms with Crippen LogP contribution in [-0.2, 0) is 54.3 Å². The first-order chi connectivity index (χ1) is 24.5. The summed E-state index contributed by atoms with van der Waals surface area (Å²) in [6, 6.07) is 6.82. The Morgan fingerprint density at radius 1 is 0.706 bits per heavy atom. The normalized spacial score (nSPS) is 13.4. The quantitative estimate of drug-likeness (QED) is 0.0579. The molecule has 0 fully saturated rings. The third-order valence-corrected chi connectivity index (χ3v) is 8.71. The summed E-state index contributed by atoms with van der Waals surface area (Å²) in [6.45, 7) is 3.38. The van der Waals surface area contributed by atoms with Gasteiger partial charge in [0.15, 0.2) is 0 Å². The number of methoxy groups -OCH3 is 2. The lowest BCUT2D eigenvalue weighted by molar-refractivity contribution is -0.151. The summed E-state index contributed by atoms with van der Waals surface area (Å²) in [6.07, 6.45) is 13.0. The molecular weight excluding hydrogens is 656 g/mol. The summed E-state index contributed by atoms with van der Waals surface area (Å²) in [5.74, 6) is -4.61. The standard InChI is InChI=1S/C39H62N2O10/c1-5-6-7-8-9-10-11-12-13-14-18-21-32(42)24-29(2)36(44)41-35(39(47)51-26-30-19-16-15-17-20-30)23-22-33(43)25-31(37(45)48-3)27-50-28-34(40)38(46)49-4/h15-17,19-20,29,31,34-35H,5-14,18,21-28,40H2,1-4H3,(H,41,44)/t29-,31+,34-,35-/m1/s1. The van der Waals surface area contributed by atoms with Crippen molar-refractivity contribution in [3.8, 4) is 0 Å². The zero-order valence-electron chi connectivity index (χ0n) is 31.3. The number of hydrogen-bond acceptors (Lipinski definition) is 11. The summed E-state index contributed by atoms with van der Waals surface area (Å²) in [4.78, 5) is 75.8. The van der Waals surface area contributed by atoms with Crippen molar-refractivity contribution in [2.24, 2.45) is 17.6 Å². The Bertz CT molecular complexity index is 1180. The molecule has 1 aromatic carbocycles. The molecule has 12 heteroatoms. The number of ketones is 2. The van der Waals surface area contributed by atoms with Crippen LogP contribution in [0.25, 0.3) is 0 Å². The third kappa shape index (κ3) is 21.4. The highest BCUT2D eigenvalue weighted by Crippen LogP contribution is 2.16. The number of amides is 1. The molecule has 0 heterocycles. The number of ether oxygens (including phenoxy) is 4. The fourth-order valence-electron chi connectivity index (χ4n) is 5.53. The summed E-state index contributed by atoms with van der Waals surface area (Å²) < 4.78 is 20.2. The van der Waals surface area contributed by atoms with Crippen molar-refractivity contribution in [2.45, 2.75) is 135 Å². The first-order valence-corrected chi connectivity index (χ1v) is 18.6. The number of Topliss-reactive ketones (excluding diaryl/α,β-unsaturated/α-hetero) is 2. The smallest absolute Gasteiger partial charge is 0.328 e. The molecule has 3 N–H and O–H groups in total. The van der Waals surface area contributed by atoms with E-state index in [1.54, 1.807) is 31.2 Å². The van der Waals surface area contributed by atoms with E-state index >= 15 is 0 Å². The van der Waals surface area contributed by atoms with E-state index < -0.39 is 47.7 Å². The van der Waals surface area contributed by atoms with Gasteiger partial charge in [-0.3, -0.25) is 24.0 Å². The van der Waals surface area contributed by atoms with Crippen LogP contribution in [0.2, 0.25) is 0 Å². The van der Waals surface area contributed by atoms with E-state index in [1.165, 1.54) is 65.6 Å². The summed E-state index contributed by atoms with van der Waals surface area (Å²) in [5.41, 5.74) is 6.41. The van der Waals surface area contributed by atoms with Gasteiger partial charge in [0.2, 0.25) is 5.91 Å². The van der Waals surface area contributed by atoms with Crippen LogP contribution in [0.4, 0.5) is 0 Å². The molecule has 0 aromatic heterocycles. The summed E-state index contributed by atoms with van der Waals surface area (Å²) >= 11 is 0. The molecule has 0 unspecified atom stereocenters. The van der Waals surface area contributed by atoms with Gasteiger partial charge in [0.25, 0.3) is 0 Å². The zero-order chi connectivity index (χ0) is 37.9. The Balaban J connectivity index is 2.66. The predicted octanol–water partition coefficient (Wildman–Crippen LogP) is 5.56. The number of rotatable bonds is 30. The van der Waals surface area contributed by atoms with E-state index in [1.807, 2.05) is 6.07 Å². The van der Waals surface area contributed by atoms with Crippen LogP contribution < -0.4 is 11.1 Å². The second-order valence-electron chi connectivity index (χ2n) is 13.3. The molecule has 288 valence electrons. The van der Waals surface area contributed by atoms with Crippen LogP contribution in [0.5, 0.6) is 0 Å². The van der Waals surface area contributed by atoms with Crippen LogP contribution in [0.1, 0.15) is 122 Å². The fourth-order valence-corrected chi connectivity index (χ4v) is 5.53. The van der Waals surface area contributed by atoms with E-state index in [0.29, 0.717) is 6.42 Å². The van der Waals surface area contributed by atoms with Crippen LogP contribution in [0.3, 0.4) is 0 Å². The number of nitrogens with two attached hydrogens (primary N) is 1. The second kappa shape index (κ2) is 28.0. The molecule has 0 spiro atoms. The van der Waals surface area contributed by atoms with Crippen LogP contribution >= 0.6 is 0 Å². The van der Waals surface area contributed by atoms with Crippen LogP contribution in [-0.4, -0.2) is 74.9 Å². The third-order valence-electron chi connectivity index (χ3n) is 8.71. The lowest BCUT2D eigenvalue weighted by Crippen LogP contribution is -2.44. The molecule has 0 radical (unpaired) electrons. The second-order valence-corrected chi connectivity index (χ2v) is 13.3. The molecule has 12 nitrogen and oxygen atoms in total. The number of carbonyl (C=O) groups is 6. The first kappa shape index (κ1) is 45.4. The predicted molar refractivity (Wildman–Crippen MR) is 193 cm³/mol. The molecule has 0 saturated carbocycles. The molecular formula is C39H62N2O10. The number of carbonyl (C=O) groups excluding carboxylic acids is 6. The van der Waals surface area contributed by atoms with E-state index in [2.05, 4.69) is 17.0 Å². The monoisotopic (exact) mass is 718 g/mol. The molecule has 0 aliphatic heterocycles. The van der Waals surface area contributed by atoms with Gasteiger partial charge in [-0.05, 0) is 18.4 Å². The molecule has 1 rings (SSSR count). The van der Waals surface area contributed by atoms with Crippen molar-refractivity contribution in [3.05, 3.63) is 35.9 Å². The molecule has 0 aliphatic carbocycles. The molecule has 1 amide bonds. The van der Waals surface area contributed by atoms with Crippen molar-refractivity contribution < 1.29 is 47.7 Å². The average Bonchev–Trinajstić information content (AvgIpc) is 3.13. The minimum atomic E-state index is -1.15. The zero-order valence-corrected chi connectivity index (χ0v) is 31.3. The van der Waals surface area contributed by atoms with Gasteiger partial charge >= 0.3 is 17.9 Å². The number of esters is 3. The maximum atomic E-state index is 13.1. The molecule has 0 bridgehead atoms. The van der Waals surface area contributed by atoms with E-state index in [4.69, 9.17) is 19.9 Å². The first-order valence-electron chi connectivity index (χ1n) is 18.6. The highest BCUT2D eigenvalue weighted by atomic mass is 16.5. The maximum absolute atomic E-state index is 13.1. The molecule has 0 aliphatic rings.